The minimum atomic E-state index is 0.705. The maximum absolute atomic E-state index is 4.09. The molecule has 2 heterocycles. The molecular formula is C18H22N2. The van der Waals surface area contributed by atoms with Crippen LogP contribution in [0.3, 0.4) is 0 Å². The number of aromatic nitrogens is 1. The summed E-state index contributed by atoms with van der Waals surface area (Å²) in [5.41, 5.74) is 3.99. The minimum Gasteiger partial charge on any atom is -0.303 e. The number of piperidine rings is 1. The Kier molecular flexibility index (Phi) is 4.12. The van der Waals surface area contributed by atoms with Gasteiger partial charge >= 0.3 is 0 Å². The summed E-state index contributed by atoms with van der Waals surface area (Å²) in [6, 6.07) is 13.8. The van der Waals surface area contributed by atoms with Crippen LogP contribution >= 0.6 is 0 Å². The van der Waals surface area contributed by atoms with E-state index in [0.717, 1.165) is 6.42 Å². The van der Waals surface area contributed by atoms with Crippen molar-refractivity contribution in [2.24, 2.45) is 0 Å². The van der Waals surface area contributed by atoms with Crippen LogP contribution in [0, 0.1) is 0 Å². The Morgan fingerprint density at radius 3 is 2.75 bits per heavy atom. The highest BCUT2D eigenvalue weighted by Gasteiger charge is 2.19. The first-order chi connectivity index (χ1) is 9.83. The molecule has 1 fully saturated rings. The topological polar surface area (TPSA) is 16.1 Å². The molecule has 20 heavy (non-hydrogen) atoms. The minimum absolute atomic E-state index is 0.705. The van der Waals surface area contributed by atoms with Gasteiger partial charge in [0.15, 0.2) is 0 Å². The summed E-state index contributed by atoms with van der Waals surface area (Å²) in [4.78, 5) is 6.61. The maximum atomic E-state index is 4.09. The van der Waals surface area contributed by atoms with Crippen molar-refractivity contribution in [2.75, 3.05) is 13.6 Å². The predicted octanol–water partition coefficient (Wildman–Crippen LogP) is 3.78. The summed E-state index contributed by atoms with van der Waals surface area (Å²) < 4.78 is 0. The molecule has 2 nitrogen and oxygen atoms in total. The van der Waals surface area contributed by atoms with Gasteiger partial charge < -0.3 is 4.90 Å². The van der Waals surface area contributed by atoms with Crippen molar-refractivity contribution in [2.45, 2.75) is 31.7 Å². The molecule has 0 spiro atoms. The fourth-order valence-corrected chi connectivity index (χ4v) is 3.10. The van der Waals surface area contributed by atoms with E-state index in [0.29, 0.717) is 6.04 Å². The second-order valence-electron chi connectivity index (χ2n) is 5.77. The number of hydrogen-bond acceptors (Lipinski definition) is 2. The van der Waals surface area contributed by atoms with Crippen LogP contribution in [-0.2, 0) is 6.42 Å². The number of rotatable bonds is 3. The van der Waals surface area contributed by atoms with Crippen LogP contribution in [0.5, 0.6) is 0 Å². The molecule has 3 rings (SSSR count). The molecule has 1 saturated heterocycles. The quantitative estimate of drug-likeness (QED) is 0.840. The zero-order valence-corrected chi connectivity index (χ0v) is 12.1. The van der Waals surface area contributed by atoms with Gasteiger partial charge in [-0.05, 0) is 61.7 Å². The van der Waals surface area contributed by atoms with Gasteiger partial charge in [-0.1, -0.05) is 30.7 Å². The van der Waals surface area contributed by atoms with Gasteiger partial charge in [0.2, 0.25) is 0 Å². The zero-order valence-electron chi connectivity index (χ0n) is 12.1. The molecule has 1 aliphatic heterocycles. The van der Waals surface area contributed by atoms with Gasteiger partial charge in [0.1, 0.15) is 0 Å². The standard InChI is InChI=1S/C18H22N2/c1-20-12-3-2-7-18(20)14-15-5-4-6-17(13-15)16-8-10-19-11-9-16/h4-6,8-11,13,18H,2-3,7,12,14H2,1H3. The number of likely N-dealkylation sites (N-methyl/N-ethyl adjacent to an activating group) is 1. The number of pyridine rings is 1. The Morgan fingerprint density at radius 1 is 1.10 bits per heavy atom. The zero-order chi connectivity index (χ0) is 13.8. The van der Waals surface area contributed by atoms with Crippen LogP contribution in [0.1, 0.15) is 24.8 Å². The smallest absolute Gasteiger partial charge is 0.0273 e. The van der Waals surface area contributed by atoms with Gasteiger partial charge in [-0.25, -0.2) is 0 Å². The van der Waals surface area contributed by atoms with Crippen molar-refractivity contribution in [1.29, 1.82) is 0 Å². The van der Waals surface area contributed by atoms with E-state index < -0.39 is 0 Å². The van der Waals surface area contributed by atoms with Gasteiger partial charge in [0.05, 0.1) is 0 Å². The molecule has 1 aliphatic rings. The monoisotopic (exact) mass is 266 g/mol. The van der Waals surface area contributed by atoms with Gasteiger partial charge in [-0.3, -0.25) is 4.98 Å². The molecule has 0 amide bonds. The van der Waals surface area contributed by atoms with Crippen molar-refractivity contribution >= 4 is 0 Å². The van der Waals surface area contributed by atoms with Gasteiger partial charge in [0, 0.05) is 18.4 Å². The van der Waals surface area contributed by atoms with Crippen molar-refractivity contribution in [1.82, 2.24) is 9.88 Å². The van der Waals surface area contributed by atoms with Crippen LogP contribution in [-0.4, -0.2) is 29.5 Å². The largest absolute Gasteiger partial charge is 0.303 e. The Bertz CT molecular complexity index is 550. The van der Waals surface area contributed by atoms with E-state index in [1.807, 2.05) is 12.4 Å². The summed E-state index contributed by atoms with van der Waals surface area (Å²) in [5.74, 6) is 0. The normalized spacial score (nSPS) is 19.9. The summed E-state index contributed by atoms with van der Waals surface area (Å²) in [7, 11) is 2.26. The van der Waals surface area contributed by atoms with Crippen LogP contribution in [0.4, 0.5) is 0 Å². The van der Waals surface area contributed by atoms with E-state index >= 15 is 0 Å². The summed E-state index contributed by atoms with van der Waals surface area (Å²) >= 11 is 0. The molecular weight excluding hydrogens is 244 g/mol. The van der Waals surface area contributed by atoms with E-state index in [1.54, 1.807) is 0 Å². The van der Waals surface area contributed by atoms with E-state index in [4.69, 9.17) is 0 Å². The van der Waals surface area contributed by atoms with E-state index in [2.05, 4.69) is 53.3 Å². The first kappa shape index (κ1) is 13.3. The van der Waals surface area contributed by atoms with Crippen molar-refractivity contribution in [3.05, 3.63) is 54.4 Å². The molecule has 1 aromatic heterocycles. The van der Waals surface area contributed by atoms with Gasteiger partial charge in [-0.15, -0.1) is 0 Å². The molecule has 0 N–H and O–H groups in total. The fourth-order valence-electron chi connectivity index (χ4n) is 3.10. The third kappa shape index (κ3) is 3.07. The Morgan fingerprint density at radius 2 is 1.95 bits per heavy atom. The molecule has 2 heteroatoms. The third-order valence-corrected chi connectivity index (χ3v) is 4.33. The van der Waals surface area contributed by atoms with Crippen LogP contribution in [0.25, 0.3) is 11.1 Å². The SMILES string of the molecule is CN1CCCCC1Cc1cccc(-c2ccncc2)c1. The van der Waals surface area contributed by atoms with Crippen molar-refractivity contribution in [3.8, 4) is 11.1 Å². The van der Waals surface area contributed by atoms with E-state index in [9.17, 15) is 0 Å². The fraction of sp³-hybridized carbons (Fsp3) is 0.389. The van der Waals surface area contributed by atoms with E-state index in [-0.39, 0.29) is 0 Å². The number of nitrogens with zero attached hydrogens (tertiary/aromatic N) is 2. The van der Waals surface area contributed by atoms with Gasteiger partial charge in [-0.2, -0.15) is 0 Å². The molecule has 0 saturated carbocycles. The molecule has 1 unspecified atom stereocenters. The highest BCUT2D eigenvalue weighted by Crippen LogP contribution is 2.23. The predicted molar refractivity (Wildman–Crippen MR) is 83.6 cm³/mol. The van der Waals surface area contributed by atoms with Crippen molar-refractivity contribution < 1.29 is 0 Å². The Labute approximate surface area is 121 Å². The second kappa shape index (κ2) is 6.19. The lowest BCUT2D eigenvalue weighted by molar-refractivity contribution is 0.184. The molecule has 2 aromatic rings. The second-order valence-corrected chi connectivity index (χ2v) is 5.77. The lowest BCUT2D eigenvalue weighted by Gasteiger charge is -2.32. The lowest BCUT2D eigenvalue weighted by Crippen LogP contribution is -2.37. The van der Waals surface area contributed by atoms with Crippen LogP contribution in [0.15, 0.2) is 48.8 Å². The van der Waals surface area contributed by atoms with E-state index in [1.165, 1.54) is 42.5 Å². The molecule has 0 bridgehead atoms. The summed E-state index contributed by atoms with van der Waals surface area (Å²) in [6.07, 6.45) is 8.93. The average Bonchev–Trinajstić information content (AvgIpc) is 2.51. The molecule has 1 aromatic carbocycles. The summed E-state index contributed by atoms with van der Waals surface area (Å²) in [6.45, 7) is 1.24. The highest BCUT2D eigenvalue weighted by molar-refractivity contribution is 5.63. The maximum Gasteiger partial charge on any atom is 0.0273 e. The van der Waals surface area contributed by atoms with Crippen LogP contribution in [0.2, 0.25) is 0 Å². The third-order valence-electron chi connectivity index (χ3n) is 4.33. The Hall–Kier alpha value is -1.67. The Balaban J connectivity index is 1.78. The van der Waals surface area contributed by atoms with Crippen LogP contribution < -0.4 is 0 Å². The summed E-state index contributed by atoms with van der Waals surface area (Å²) in [5, 5.41) is 0. The molecule has 0 aliphatic carbocycles. The number of hydrogen-bond donors (Lipinski definition) is 0. The number of likely N-dealkylation sites (tertiary alicyclic amines) is 1. The first-order valence-corrected chi connectivity index (χ1v) is 7.52. The molecule has 1 atom stereocenters. The first-order valence-electron chi connectivity index (χ1n) is 7.52. The number of benzene rings is 1. The molecule has 104 valence electrons. The van der Waals surface area contributed by atoms with Gasteiger partial charge in [0.25, 0.3) is 0 Å². The highest BCUT2D eigenvalue weighted by atomic mass is 15.1. The lowest BCUT2D eigenvalue weighted by atomic mass is 9.94. The molecule has 0 radical (unpaired) electrons. The average molecular weight is 266 g/mol. The van der Waals surface area contributed by atoms with Crippen molar-refractivity contribution in [3.63, 3.8) is 0 Å².